The summed E-state index contributed by atoms with van der Waals surface area (Å²) < 4.78 is 0. The number of piperidine rings is 1. The number of likely N-dealkylation sites (tertiary alicyclic amines) is 1. The summed E-state index contributed by atoms with van der Waals surface area (Å²) in [6, 6.07) is 15.5. The van der Waals surface area contributed by atoms with E-state index in [4.69, 9.17) is 4.99 Å². The van der Waals surface area contributed by atoms with Crippen molar-refractivity contribution in [3.63, 3.8) is 0 Å². The summed E-state index contributed by atoms with van der Waals surface area (Å²) in [6.07, 6.45) is 4.94. The monoisotopic (exact) mass is 679 g/mol. The third-order valence-electron chi connectivity index (χ3n) is 9.48. The third kappa shape index (κ3) is 6.61. The Labute approximate surface area is 287 Å². The molecule has 49 heavy (non-hydrogen) atoms. The molecule has 3 unspecified atom stereocenters. The number of benzene rings is 2. The van der Waals surface area contributed by atoms with Gasteiger partial charge in [0.05, 0.1) is 12.6 Å². The first-order valence-corrected chi connectivity index (χ1v) is 17.2. The Bertz CT molecular complexity index is 2000. The maximum atomic E-state index is 13.8. The predicted molar refractivity (Wildman–Crippen MR) is 191 cm³/mol. The molecule has 7 rings (SSSR count). The molecule has 0 spiro atoms. The summed E-state index contributed by atoms with van der Waals surface area (Å²) in [5, 5.41) is 26.4. The molecule has 0 radical (unpaired) electrons. The number of carboxylic acids is 2. The van der Waals surface area contributed by atoms with E-state index in [0.29, 0.717) is 42.6 Å². The van der Waals surface area contributed by atoms with Gasteiger partial charge in [0.1, 0.15) is 11.6 Å². The minimum atomic E-state index is -0.905. The van der Waals surface area contributed by atoms with E-state index in [2.05, 4.69) is 39.7 Å². The molecule has 0 aliphatic carbocycles. The van der Waals surface area contributed by atoms with Crippen LogP contribution in [0.2, 0.25) is 0 Å². The van der Waals surface area contributed by atoms with Gasteiger partial charge >= 0.3 is 11.9 Å². The zero-order valence-electron chi connectivity index (χ0n) is 27.2. The Hall–Kier alpha value is -4.85. The first-order valence-electron chi connectivity index (χ1n) is 16.4. The molecule has 1 amide bonds. The minimum absolute atomic E-state index is 0.0105. The summed E-state index contributed by atoms with van der Waals surface area (Å²) in [4.78, 5) is 54.1. The number of aliphatic imine (C=N–C) groups is 1. The van der Waals surface area contributed by atoms with Crippen molar-refractivity contribution in [2.75, 3.05) is 36.4 Å². The zero-order chi connectivity index (χ0) is 34.2. The van der Waals surface area contributed by atoms with Gasteiger partial charge in [-0.05, 0) is 78.8 Å². The van der Waals surface area contributed by atoms with E-state index in [9.17, 15) is 24.6 Å². The molecule has 3 aliphatic rings. The van der Waals surface area contributed by atoms with Gasteiger partial charge in [-0.15, -0.1) is 0 Å². The molecule has 1 fully saturated rings. The number of thioether (sulfide) groups is 1. The van der Waals surface area contributed by atoms with Crippen LogP contribution in [0.15, 0.2) is 65.9 Å². The zero-order valence-corrected chi connectivity index (χ0v) is 28.0. The summed E-state index contributed by atoms with van der Waals surface area (Å²) in [5.74, 6) is -1.21. The number of pyridine rings is 2. The molecular weight excluding hydrogens is 643 g/mol. The van der Waals surface area contributed by atoms with Gasteiger partial charge in [0.15, 0.2) is 10.9 Å². The van der Waals surface area contributed by atoms with Gasteiger partial charge < -0.3 is 25.7 Å². The number of aromatic nitrogens is 2. The Morgan fingerprint density at radius 1 is 1.06 bits per heavy atom. The summed E-state index contributed by atoms with van der Waals surface area (Å²) >= 11 is 1.49. The summed E-state index contributed by atoms with van der Waals surface area (Å²) in [6.45, 7) is 5.92. The predicted octanol–water partition coefficient (Wildman–Crippen LogP) is 4.47. The lowest BCUT2D eigenvalue weighted by Crippen LogP contribution is -2.45. The van der Waals surface area contributed by atoms with E-state index in [1.165, 1.54) is 11.8 Å². The van der Waals surface area contributed by atoms with Crippen molar-refractivity contribution in [1.29, 1.82) is 0 Å². The number of hydrogen-bond donors (Lipinski definition) is 4. The molecule has 0 bridgehead atoms. The molecule has 1 saturated heterocycles. The van der Waals surface area contributed by atoms with E-state index < -0.39 is 18.0 Å². The first-order chi connectivity index (χ1) is 23.7. The highest BCUT2D eigenvalue weighted by Gasteiger charge is 2.40. The summed E-state index contributed by atoms with van der Waals surface area (Å²) in [7, 11) is 0. The second-order valence-corrected chi connectivity index (χ2v) is 13.9. The van der Waals surface area contributed by atoms with Crippen LogP contribution in [0.5, 0.6) is 0 Å². The topological polar surface area (TPSA) is 160 Å². The number of carboxylic acid groups (broad SMARTS) is 2. The van der Waals surface area contributed by atoms with Crippen LogP contribution in [0.25, 0.3) is 22.0 Å². The highest BCUT2D eigenvalue weighted by atomic mass is 32.2. The molecule has 4 aromatic rings. The fourth-order valence-electron chi connectivity index (χ4n) is 6.85. The van der Waals surface area contributed by atoms with Gasteiger partial charge in [0, 0.05) is 60.6 Å². The highest BCUT2D eigenvalue weighted by Crippen LogP contribution is 2.41. The Morgan fingerprint density at radius 3 is 2.69 bits per heavy atom. The molecule has 252 valence electrons. The normalized spacial score (nSPS) is 19.3. The van der Waals surface area contributed by atoms with Crippen molar-refractivity contribution in [3.05, 3.63) is 77.6 Å². The van der Waals surface area contributed by atoms with Gasteiger partial charge in [0.2, 0.25) is 0 Å². The number of nitrogens with one attached hydrogen (secondary N) is 2. The van der Waals surface area contributed by atoms with Crippen LogP contribution in [-0.4, -0.2) is 91.5 Å². The molecule has 3 aliphatic heterocycles. The summed E-state index contributed by atoms with van der Waals surface area (Å²) in [5.41, 5.74) is 7.66. The third-order valence-corrected chi connectivity index (χ3v) is 10.8. The van der Waals surface area contributed by atoms with Crippen molar-refractivity contribution >= 4 is 62.7 Å². The van der Waals surface area contributed by atoms with E-state index in [0.717, 1.165) is 57.4 Å². The number of amides is 1. The number of rotatable bonds is 10. The van der Waals surface area contributed by atoms with Crippen LogP contribution < -0.4 is 15.5 Å². The van der Waals surface area contributed by atoms with Crippen molar-refractivity contribution in [2.24, 2.45) is 4.99 Å². The Balaban J connectivity index is 1.10. The lowest BCUT2D eigenvalue weighted by Gasteiger charge is -2.32. The van der Waals surface area contributed by atoms with Crippen LogP contribution in [-0.2, 0) is 27.3 Å². The van der Waals surface area contributed by atoms with Gasteiger partial charge in [-0.1, -0.05) is 36.0 Å². The second kappa shape index (κ2) is 13.6. The second-order valence-electron chi connectivity index (χ2n) is 12.7. The SMILES string of the molecule is Cc1c(Nc2nccc3cc(CNC(C)C(=O)O)cnc23)cccc1-c1cccc2c1CCN2C(=O)C1=NC2CCN(CC(=O)O)CC2S1. The van der Waals surface area contributed by atoms with Crippen LogP contribution in [0.3, 0.4) is 0 Å². The van der Waals surface area contributed by atoms with Crippen molar-refractivity contribution < 1.29 is 24.6 Å². The number of fused-ring (bicyclic) bond motifs is 3. The largest absolute Gasteiger partial charge is 0.480 e. The van der Waals surface area contributed by atoms with Gasteiger partial charge in [-0.25, -0.2) is 4.98 Å². The smallest absolute Gasteiger partial charge is 0.320 e. The number of carbonyl (C=O) groups excluding carboxylic acids is 1. The standard InChI is InChI=1S/C36H37N7O5S/c1-20-24(5-3-7-27(20)40-33-32-23(9-12-37-33)15-22(17-39-32)16-38-21(2)36(47)48)25-6-4-8-29-26(25)10-14-43(29)35(46)34-41-28-11-13-42(19-31(44)45)18-30(28)49-34/h3-9,12,15,17,21,28,30,38H,10-11,13-14,16,18-19H2,1-2H3,(H,37,40)(H,44,45)(H,47,48). The van der Waals surface area contributed by atoms with Crippen molar-refractivity contribution in [2.45, 2.75) is 50.6 Å². The molecule has 0 saturated carbocycles. The van der Waals surface area contributed by atoms with Crippen LogP contribution in [0.4, 0.5) is 17.2 Å². The van der Waals surface area contributed by atoms with Gasteiger partial charge in [-0.2, -0.15) is 0 Å². The number of nitrogens with zero attached hydrogens (tertiary/aromatic N) is 5. The molecule has 3 atom stereocenters. The molecule has 4 N–H and O–H groups in total. The lowest BCUT2D eigenvalue weighted by atomic mass is 9.93. The maximum absolute atomic E-state index is 13.8. The number of hydrogen-bond acceptors (Lipinski definition) is 10. The lowest BCUT2D eigenvalue weighted by molar-refractivity contribution is -0.139. The fraction of sp³-hybridized carbons (Fsp3) is 0.333. The minimum Gasteiger partial charge on any atom is -0.480 e. The van der Waals surface area contributed by atoms with E-state index in [1.807, 2.05) is 46.2 Å². The molecule has 5 heterocycles. The number of aliphatic carboxylic acids is 2. The van der Waals surface area contributed by atoms with Crippen LogP contribution in [0, 0.1) is 6.92 Å². The van der Waals surface area contributed by atoms with Crippen molar-refractivity contribution in [1.82, 2.24) is 20.2 Å². The quantitative estimate of drug-likeness (QED) is 0.187. The number of carbonyl (C=O) groups is 3. The van der Waals surface area contributed by atoms with E-state index in [1.54, 1.807) is 19.3 Å². The molecule has 13 heteroatoms. The number of anilines is 3. The van der Waals surface area contributed by atoms with Crippen molar-refractivity contribution in [3.8, 4) is 11.1 Å². The average Bonchev–Trinajstić information content (AvgIpc) is 3.72. The Morgan fingerprint density at radius 2 is 1.88 bits per heavy atom. The van der Waals surface area contributed by atoms with Crippen LogP contribution >= 0.6 is 11.8 Å². The van der Waals surface area contributed by atoms with Gasteiger partial charge in [0.25, 0.3) is 5.91 Å². The molecule has 2 aromatic carbocycles. The Kier molecular flexibility index (Phi) is 9.05. The molecular formula is C36H37N7O5S. The fourth-order valence-corrected chi connectivity index (χ4v) is 8.19. The van der Waals surface area contributed by atoms with E-state index in [-0.39, 0.29) is 23.7 Å². The molecule has 12 nitrogen and oxygen atoms in total. The van der Waals surface area contributed by atoms with E-state index >= 15 is 0 Å². The highest BCUT2D eigenvalue weighted by molar-refractivity contribution is 8.16. The first kappa shape index (κ1) is 32.7. The van der Waals surface area contributed by atoms with Crippen LogP contribution in [0.1, 0.15) is 30.0 Å². The molecule has 2 aromatic heterocycles. The average molecular weight is 680 g/mol. The maximum Gasteiger partial charge on any atom is 0.320 e. The van der Waals surface area contributed by atoms with Gasteiger partial charge in [-0.3, -0.25) is 29.3 Å².